The number of ether oxygens (including phenoxy) is 2. The number of nitrogens with one attached hydrogen (secondary N) is 2. The van der Waals surface area contributed by atoms with Crippen LogP contribution in [0.1, 0.15) is 22.7 Å². The van der Waals surface area contributed by atoms with Crippen molar-refractivity contribution in [3.63, 3.8) is 0 Å². The van der Waals surface area contributed by atoms with Gasteiger partial charge < -0.3 is 25.0 Å². The van der Waals surface area contributed by atoms with Crippen LogP contribution in [0.25, 0.3) is 0 Å². The molecular weight excluding hydrogens is 352 g/mol. The summed E-state index contributed by atoms with van der Waals surface area (Å²) in [6.45, 7) is 3.55. The first-order chi connectivity index (χ1) is 13.5. The molecule has 2 aromatic carbocycles. The highest BCUT2D eigenvalue weighted by Crippen LogP contribution is 2.31. The first kappa shape index (κ1) is 21.6. The Morgan fingerprint density at radius 1 is 1.04 bits per heavy atom. The van der Waals surface area contributed by atoms with Crippen LogP contribution >= 0.6 is 0 Å². The zero-order chi connectivity index (χ0) is 20.5. The minimum absolute atomic E-state index is 0.150. The highest BCUT2D eigenvalue weighted by Gasteiger charge is 2.17. The van der Waals surface area contributed by atoms with E-state index in [2.05, 4.69) is 71.9 Å². The quantitative estimate of drug-likeness (QED) is 0.541. The van der Waals surface area contributed by atoms with Crippen molar-refractivity contribution in [2.45, 2.75) is 19.5 Å². The molecule has 2 aromatic rings. The van der Waals surface area contributed by atoms with Crippen molar-refractivity contribution in [3.05, 3.63) is 59.2 Å². The molecule has 0 heterocycles. The molecule has 28 heavy (non-hydrogen) atoms. The third-order valence-electron chi connectivity index (χ3n) is 4.81. The molecule has 0 amide bonds. The first-order valence-electron chi connectivity index (χ1n) is 9.37. The number of likely N-dealkylation sites (N-methyl/N-ethyl adjacent to an activating group) is 1. The zero-order valence-corrected chi connectivity index (χ0v) is 17.7. The van der Waals surface area contributed by atoms with Gasteiger partial charge in [-0.15, -0.1) is 0 Å². The fourth-order valence-electron chi connectivity index (χ4n) is 3.06. The van der Waals surface area contributed by atoms with Crippen molar-refractivity contribution in [2.24, 2.45) is 4.99 Å². The van der Waals surface area contributed by atoms with E-state index in [0.29, 0.717) is 6.54 Å². The Labute approximate surface area is 168 Å². The Kier molecular flexibility index (Phi) is 8.14. The molecule has 0 saturated carbocycles. The van der Waals surface area contributed by atoms with Crippen LogP contribution in [0.3, 0.4) is 0 Å². The predicted molar refractivity (Wildman–Crippen MR) is 115 cm³/mol. The van der Waals surface area contributed by atoms with Gasteiger partial charge in [-0.1, -0.05) is 30.3 Å². The van der Waals surface area contributed by atoms with Gasteiger partial charge in [0.2, 0.25) is 0 Å². The molecule has 0 fully saturated rings. The third kappa shape index (κ3) is 5.63. The van der Waals surface area contributed by atoms with Crippen molar-refractivity contribution in [2.75, 3.05) is 41.9 Å². The van der Waals surface area contributed by atoms with Crippen molar-refractivity contribution < 1.29 is 9.47 Å². The summed E-state index contributed by atoms with van der Waals surface area (Å²) in [5, 5.41) is 6.82. The number of hydrogen-bond acceptors (Lipinski definition) is 4. The van der Waals surface area contributed by atoms with Gasteiger partial charge in [0.05, 0.1) is 20.3 Å². The van der Waals surface area contributed by atoms with Crippen molar-refractivity contribution in [1.29, 1.82) is 0 Å². The molecule has 0 radical (unpaired) electrons. The van der Waals surface area contributed by atoms with Gasteiger partial charge in [-0.05, 0) is 49.8 Å². The van der Waals surface area contributed by atoms with Crippen LogP contribution in [0.5, 0.6) is 11.5 Å². The van der Waals surface area contributed by atoms with Crippen LogP contribution in [-0.2, 0) is 6.54 Å². The topological polar surface area (TPSA) is 58.1 Å². The highest BCUT2D eigenvalue weighted by molar-refractivity contribution is 5.79. The minimum atomic E-state index is 0.150. The number of guanidine groups is 1. The number of rotatable bonds is 8. The summed E-state index contributed by atoms with van der Waals surface area (Å²) in [7, 11) is 9.21. The molecule has 0 aliphatic rings. The monoisotopic (exact) mass is 384 g/mol. The molecule has 2 N–H and O–H groups in total. The summed E-state index contributed by atoms with van der Waals surface area (Å²) in [6, 6.07) is 14.5. The van der Waals surface area contributed by atoms with Crippen LogP contribution in [0, 0.1) is 6.92 Å². The summed E-state index contributed by atoms with van der Waals surface area (Å²) in [6.07, 6.45) is 0. The van der Waals surface area contributed by atoms with E-state index in [0.717, 1.165) is 29.6 Å². The number of benzene rings is 2. The van der Waals surface area contributed by atoms with Gasteiger partial charge in [-0.3, -0.25) is 4.99 Å². The number of aryl methyl sites for hydroxylation is 1. The van der Waals surface area contributed by atoms with Crippen LogP contribution in [0.2, 0.25) is 0 Å². The van der Waals surface area contributed by atoms with Crippen molar-refractivity contribution in [1.82, 2.24) is 15.5 Å². The Hall–Kier alpha value is -2.73. The molecule has 0 aromatic heterocycles. The molecule has 0 spiro atoms. The van der Waals surface area contributed by atoms with Crippen LogP contribution < -0.4 is 20.1 Å². The lowest BCUT2D eigenvalue weighted by Crippen LogP contribution is -2.41. The minimum Gasteiger partial charge on any atom is -0.493 e. The van der Waals surface area contributed by atoms with Gasteiger partial charge in [-0.25, -0.2) is 0 Å². The van der Waals surface area contributed by atoms with E-state index in [1.54, 1.807) is 21.3 Å². The van der Waals surface area contributed by atoms with Crippen LogP contribution in [-0.4, -0.2) is 52.8 Å². The standard InChI is InChI=1S/C22H32N4O2/c1-16-9-7-8-10-18(16)14-24-22(23-2)25-15-19(26(3)4)17-11-12-20(27-5)21(13-17)28-6/h7-13,19H,14-15H2,1-6H3,(H2,23,24,25). The average molecular weight is 385 g/mol. The molecule has 1 atom stereocenters. The van der Waals surface area contributed by atoms with E-state index < -0.39 is 0 Å². The van der Waals surface area contributed by atoms with Crippen molar-refractivity contribution >= 4 is 5.96 Å². The zero-order valence-electron chi connectivity index (χ0n) is 17.7. The fourth-order valence-corrected chi connectivity index (χ4v) is 3.06. The second-order valence-corrected chi connectivity index (χ2v) is 6.83. The SMILES string of the molecule is CN=C(NCc1ccccc1C)NCC(c1ccc(OC)c(OC)c1)N(C)C. The Morgan fingerprint density at radius 3 is 2.36 bits per heavy atom. The number of hydrogen-bond donors (Lipinski definition) is 2. The molecular formula is C22H32N4O2. The third-order valence-corrected chi connectivity index (χ3v) is 4.81. The summed E-state index contributed by atoms with van der Waals surface area (Å²) < 4.78 is 10.8. The maximum Gasteiger partial charge on any atom is 0.191 e. The molecule has 0 aliphatic carbocycles. The maximum atomic E-state index is 5.45. The Morgan fingerprint density at radius 2 is 1.75 bits per heavy atom. The van der Waals surface area contributed by atoms with Gasteiger partial charge in [0.25, 0.3) is 0 Å². The summed E-state index contributed by atoms with van der Waals surface area (Å²) in [4.78, 5) is 6.52. The Balaban J connectivity index is 2.04. The maximum absolute atomic E-state index is 5.45. The molecule has 152 valence electrons. The van der Waals surface area contributed by atoms with Gasteiger partial charge in [-0.2, -0.15) is 0 Å². The molecule has 2 rings (SSSR count). The number of aliphatic imine (C=N–C) groups is 1. The highest BCUT2D eigenvalue weighted by atomic mass is 16.5. The molecule has 0 aliphatic heterocycles. The van der Waals surface area contributed by atoms with E-state index in [9.17, 15) is 0 Å². The van der Waals surface area contributed by atoms with Crippen molar-refractivity contribution in [3.8, 4) is 11.5 Å². The normalized spacial score (nSPS) is 12.6. The summed E-state index contributed by atoms with van der Waals surface area (Å²) in [5.74, 6) is 2.23. The molecule has 0 saturated heterocycles. The Bertz CT molecular complexity index is 790. The van der Waals surface area contributed by atoms with Crippen LogP contribution in [0.4, 0.5) is 0 Å². The second kappa shape index (κ2) is 10.6. The largest absolute Gasteiger partial charge is 0.493 e. The fraction of sp³-hybridized carbons (Fsp3) is 0.409. The number of methoxy groups -OCH3 is 2. The van der Waals surface area contributed by atoms with E-state index in [1.807, 2.05) is 12.1 Å². The van der Waals surface area contributed by atoms with Gasteiger partial charge in [0, 0.05) is 20.1 Å². The van der Waals surface area contributed by atoms with Crippen LogP contribution in [0.15, 0.2) is 47.5 Å². The lowest BCUT2D eigenvalue weighted by Gasteiger charge is -2.26. The second-order valence-electron chi connectivity index (χ2n) is 6.83. The average Bonchev–Trinajstić information content (AvgIpc) is 2.71. The van der Waals surface area contributed by atoms with Gasteiger partial charge in [0.1, 0.15) is 0 Å². The number of nitrogens with zero attached hydrogens (tertiary/aromatic N) is 2. The molecule has 6 heteroatoms. The van der Waals surface area contributed by atoms with E-state index in [4.69, 9.17) is 9.47 Å². The summed E-state index contributed by atoms with van der Waals surface area (Å²) >= 11 is 0. The molecule has 6 nitrogen and oxygen atoms in total. The van der Waals surface area contributed by atoms with E-state index in [-0.39, 0.29) is 6.04 Å². The lowest BCUT2D eigenvalue weighted by atomic mass is 10.1. The lowest BCUT2D eigenvalue weighted by molar-refractivity contribution is 0.295. The first-order valence-corrected chi connectivity index (χ1v) is 9.37. The van der Waals surface area contributed by atoms with E-state index >= 15 is 0 Å². The molecule has 1 unspecified atom stereocenters. The smallest absolute Gasteiger partial charge is 0.191 e. The van der Waals surface area contributed by atoms with E-state index in [1.165, 1.54) is 11.1 Å². The van der Waals surface area contributed by atoms with Gasteiger partial charge in [0.15, 0.2) is 17.5 Å². The molecule has 0 bridgehead atoms. The van der Waals surface area contributed by atoms with Gasteiger partial charge >= 0.3 is 0 Å². The predicted octanol–water partition coefficient (Wildman–Crippen LogP) is 2.98. The summed E-state index contributed by atoms with van der Waals surface area (Å²) in [5.41, 5.74) is 3.67.